The van der Waals surface area contributed by atoms with Crippen molar-refractivity contribution in [3.05, 3.63) is 53.1 Å². The maximum absolute atomic E-state index is 5.47. The standard InChI is InChI=1S/C22H30N2O3/c1-17-6-5-7-18(12-17)15-23-8-10-24(11-9-23)16-19-13-20(25-2)22(27-4)21(14-19)26-3/h5-7,12-14H,8-11,15-16H2,1-4H3. The molecular formula is C22H30N2O3. The summed E-state index contributed by atoms with van der Waals surface area (Å²) in [5, 5.41) is 0. The molecule has 27 heavy (non-hydrogen) atoms. The minimum absolute atomic E-state index is 0.645. The molecule has 0 spiro atoms. The number of nitrogens with zero attached hydrogens (tertiary/aromatic N) is 2. The Morgan fingerprint density at radius 2 is 1.30 bits per heavy atom. The minimum atomic E-state index is 0.645. The van der Waals surface area contributed by atoms with Gasteiger partial charge in [0.2, 0.25) is 5.75 Å². The SMILES string of the molecule is COc1cc(CN2CCN(Cc3cccc(C)c3)CC2)cc(OC)c1OC. The molecule has 0 aromatic heterocycles. The molecule has 1 aliphatic heterocycles. The van der Waals surface area contributed by atoms with Crippen LogP contribution in [0.2, 0.25) is 0 Å². The fourth-order valence-electron chi connectivity index (χ4n) is 3.66. The number of hydrogen-bond acceptors (Lipinski definition) is 5. The maximum atomic E-state index is 5.47. The highest BCUT2D eigenvalue weighted by atomic mass is 16.5. The van der Waals surface area contributed by atoms with Crippen molar-refractivity contribution >= 4 is 0 Å². The summed E-state index contributed by atoms with van der Waals surface area (Å²) in [5.41, 5.74) is 3.90. The van der Waals surface area contributed by atoms with Crippen LogP contribution in [0.1, 0.15) is 16.7 Å². The van der Waals surface area contributed by atoms with Crippen molar-refractivity contribution < 1.29 is 14.2 Å². The van der Waals surface area contributed by atoms with Gasteiger partial charge in [-0.25, -0.2) is 0 Å². The highest BCUT2D eigenvalue weighted by Gasteiger charge is 2.19. The third-order valence-corrected chi connectivity index (χ3v) is 5.08. The van der Waals surface area contributed by atoms with Crippen molar-refractivity contribution in [2.24, 2.45) is 0 Å². The third kappa shape index (κ3) is 4.93. The van der Waals surface area contributed by atoms with Crippen molar-refractivity contribution in [1.82, 2.24) is 9.80 Å². The normalized spacial score (nSPS) is 15.6. The number of rotatable bonds is 7. The summed E-state index contributed by atoms with van der Waals surface area (Å²) < 4.78 is 16.4. The quantitative estimate of drug-likeness (QED) is 0.747. The Balaban J connectivity index is 1.59. The Kier molecular flexibility index (Phi) is 6.58. The summed E-state index contributed by atoms with van der Waals surface area (Å²) in [6.45, 7) is 8.34. The first kappa shape index (κ1) is 19.5. The molecule has 0 saturated carbocycles. The molecule has 5 nitrogen and oxygen atoms in total. The molecule has 146 valence electrons. The van der Waals surface area contributed by atoms with Crippen LogP contribution >= 0.6 is 0 Å². The van der Waals surface area contributed by atoms with Crippen LogP contribution in [0.3, 0.4) is 0 Å². The molecule has 0 amide bonds. The van der Waals surface area contributed by atoms with Gasteiger partial charge in [0.15, 0.2) is 11.5 Å². The van der Waals surface area contributed by atoms with E-state index in [1.165, 1.54) is 16.7 Å². The van der Waals surface area contributed by atoms with Gasteiger partial charge in [0.05, 0.1) is 21.3 Å². The molecule has 1 fully saturated rings. The summed E-state index contributed by atoms with van der Waals surface area (Å²) in [6.07, 6.45) is 0. The molecule has 0 atom stereocenters. The summed E-state index contributed by atoms with van der Waals surface area (Å²) >= 11 is 0. The van der Waals surface area contributed by atoms with Crippen LogP contribution in [0.15, 0.2) is 36.4 Å². The Morgan fingerprint density at radius 3 is 1.78 bits per heavy atom. The third-order valence-electron chi connectivity index (χ3n) is 5.08. The molecule has 0 aliphatic carbocycles. The first-order chi connectivity index (χ1) is 13.1. The zero-order valence-corrected chi connectivity index (χ0v) is 16.8. The lowest BCUT2D eigenvalue weighted by molar-refractivity contribution is 0.122. The van der Waals surface area contributed by atoms with Crippen LogP contribution < -0.4 is 14.2 Å². The number of aryl methyl sites for hydroxylation is 1. The van der Waals surface area contributed by atoms with E-state index in [0.29, 0.717) is 17.2 Å². The lowest BCUT2D eigenvalue weighted by atomic mass is 10.1. The van der Waals surface area contributed by atoms with Gasteiger partial charge in [-0.2, -0.15) is 0 Å². The van der Waals surface area contributed by atoms with E-state index in [1.54, 1.807) is 21.3 Å². The smallest absolute Gasteiger partial charge is 0.203 e. The molecule has 2 aromatic carbocycles. The predicted octanol–water partition coefficient (Wildman–Crippen LogP) is 3.34. The molecule has 0 unspecified atom stereocenters. The number of hydrogen-bond donors (Lipinski definition) is 0. The highest BCUT2D eigenvalue weighted by Crippen LogP contribution is 2.38. The molecule has 0 radical (unpaired) electrons. The molecule has 1 heterocycles. The molecule has 2 aromatic rings. The van der Waals surface area contributed by atoms with Crippen molar-refractivity contribution in [3.8, 4) is 17.2 Å². The number of ether oxygens (including phenoxy) is 3. The number of benzene rings is 2. The van der Waals surface area contributed by atoms with Gasteiger partial charge >= 0.3 is 0 Å². The molecule has 0 N–H and O–H groups in total. The van der Waals surface area contributed by atoms with Gasteiger partial charge in [0.1, 0.15) is 0 Å². The average Bonchev–Trinajstić information content (AvgIpc) is 2.68. The van der Waals surface area contributed by atoms with E-state index in [9.17, 15) is 0 Å². The van der Waals surface area contributed by atoms with Crippen LogP contribution in [0, 0.1) is 6.92 Å². The Hall–Kier alpha value is -2.24. The summed E-state index contributed by atoms with van der Waals surface area (Å²) in [6, 6.07) is 12.9. The topological polar surface area (TPSA) is 34.2 Å². The van der Waals surface area contributed by atoms with Crippen molar-refractivity contribution in [2.75, 3.05) is 47.5 Å². The molecular weight excluding hydrogens is 340 g/mol. The fourth-order valence-corrected chi connectivity index (χ4v) is 3.66. The molecule has 5 heteroatoms. The van der Waals surface area contributed by atoms with Crippen molar-refractivity contribution in [3.63, 3.8) is 0 Å². The molecule has 3 rings (SSSR count). The van der Waals surface area contributed by atoms with Crippen LogP contribution in [-0.2, 0) is 13.1 Å². The number of methoxy groups -OCH3 is 3. The predicted molar refractivity (Wildman–Crippen MR) is 108 cm³/mol. The highest BCUT2D eigenvalue weighted by molar-refractivity contribution is 5.53. The van der Waals surface area contributed by atoms with Crippen LogP contribution in [0.25, 0.3) is 0 Å². The van der Waals surface area contributed by atoms with Gasteiger partial charge in [-0.05, 0) is 30.2 Å². The van der Waals surface area contributed by atoms with Crippen molar-refractivity contribution in [2.45, 2.75) is 20.0 Å². The van der Waals surface area contributed by atoms with E-state index in [1.807, 2.05) is 12.1 Å². The first-order valence-electron chi connectivity index (χ1n) is 9.42. The molecule has 0 bridgehead atoms. The van der Waals surface area contributed by atoms with Gasteiger partial charge < -0.3 is 14.2 Å². The largest absolute Gasteiger partial charge is 0.493 e. The second-order valence-electron chi connectivity index (χ2n) is 7.07. The molecule has 1 saturated heterocycles. The zero-order valence-electron chi connectivity index (χ0n) is 16.8. The van der Waals surface area contributed by atoms with E-state index in [4.69, 9.17) is 14.2 Å². The Labute approximate surface area is 162 Å². The summed E-state index contributed by atoms with van der Waals surface area (Å²) in [7, 11) is 4.95. The average molecular weight is 370 g/mol. The fraction of sp³-hybridized carbons (Fsp3) is 0.455. The van der Waals surface area contributed by atoms with E-state index in [0.717, 1.165) is 39.3 Å². The second kappa shape index (κ2) is 9.11. The molecule has 1 aliphatic rings. The number of piperazine rings is 1. The van der Waals surface area contributed by atoms with Gasteiger partial charge in [-0.15, -0.1) is 0 Å². The summed E-state index contributed by atoms with van der Waals surface area (Å²) in [5.74, 6) is 2.07. The van der Waals surface area contributed by atoms with E-state index in [2.05, 4.69) is 41.0 Å². The zero-order chi connectivity index (χ0) is 19.2. The van der Waals surface area contributed by atoms with Gasteiger partial charge in [0, 0.05) is 39.3 Å². The van der Waals surface area contributed by atoms with Gasteiger partial charge in [-0.3, -0.25) is 9.80 Å². The van der Waals surface area contributed by atoms with Gasteiger partial charge in [-0.1, -0.05) is 29.8 Å². The Morgan fingerprint density at radius 1 is 0.741 bits per heavy atom. The summed E-state index contributed by atoms with van der Waals surface area (Å²) in [4.78, 5) is 5.01. The maximum Gasteiger partial charge on any atom is 0.203 e. The Bertz CT molecular complexity index is 730. The van der Waals surface area contributed by atoms with Crippen molar-refractivity contribution in [1.29, 1.82) is 0 Å². The van der Waals surface area contributed by atoms with Gasteiger partial charge in [0.25, 0.3) is 0 Å². The van der Waals surface area contributed by atoms with Crippen LogP contribution in [0.5, 0.6) is 17.2 Å². The van der Waals surface area contributed by atoms with E-state index < -0.39 is 0 Å². The van der Waals surface area contributed by atoms with E-state index >= 15 is 0 Å². The monoisotopic (exact) mass is 370 g/mol. The van der Waals surface area contributed by atoms with E-state index in [-0.39, 0.29) is 0 Å². The van der Waals surface area contributed by atoms with Crippen LogP contribution in [0.4, 0.5) is 0 Å². The van der Waals surface area contributed by atoms with Crippen LogP contribution in [-0.4, -0.2) is 57.3 Å². The minimum Gasteiger partial charge on any atom is -0.493 e. The second-order valence-corrected chi connectivity index (χ2v) is 7.07. The first-order valence-corrected chi connectivity index (χ1v) is 9.42. The lowest BCUT2D eigenvalue weighted by Crippen LogP contribution is -2.45. The lowest BCUT2D eigenvalue weighted by Gasteiger charge is -2.35.